The van der Waals surface area contributed by atoms with E-state index in [9.17, 15) is 20.1 Å². The van der Waals surface area contributed by atoms with Gasteiger partial charge in [-0.1, -0.05) is 33.3 Å². The van der Waals surface area contributed by atoms with Gasteiger partial charge in [0, 0.05) is 40.9 Å². The number of aromatic nitrogens is 1. The number of carbonyl (C=O) groups excluding carboxylic acids is 1. The van der Waals surface area contributed by atoms with Crippen molar-refractivity contribution in [3.8, 4) is 5.75 Å². The molecule has 1 aromatic carbocycles. The summed E-state index contributed by atoms with van der Waals surface area (Å²) in [6, 6.07) is 6.56. The molecule has 4 rings (SSSR count). The number of phenols is 1. The van der Waals surface area contributed by atoms with Gasteiger partial charge in [-0.15, -0.1) is 11.3 Å². The second-order valence-corrected chi connectivity index (χ2v) is 11.5. The van der Waals surface area contributed by atoms with Crippen LogP contribution >= 0.6 is 11.3 Å². The molecule has 1 saturated carbocycles. The molecule has 0 saturated heterocycles. The van der Waals surface area contributed by atoms with E-state index in [0.717, 1.165) is 47.9 Å². The average molecular weight is 488 g/mol. The van der Waals surface area contributed by atoms with Gasteiger partial charge >= 0.3 is 0 Å². The summed E-state index contributed by atoms with van der Waals surface area (Å²) in [5, 5.41) is 38.3. The smallest absolute Gasteiger partial charge is 0.225 e. The second kappa shape index (κ2) is 9.84. The number of benzene rings is 1. The minimum atomic E-state index is -0.634. The lowest BCUT2D eigenvalue weighted by atomic mass is 9.47. The maximum atomic E-state index is 13.2. The molecule has 8 heteroatoms. The fourth-order valence-electron chi connectivity index (χ4n) is 6.07. The van der Waals surface area contributed by atoms with E-state index >= 15 is 0 Å². The van der Waals surface area contributed by atoms with Gasteiger partial charge in [-0.3, -0.25) is 4.79 Å². The van der Waals surface area contributed by atoms with Crippen LogP contribution < -0.4 is 10.6 Å². The van der Waals surface area contributed by atoms with Gasteiger partial charge in [-0.05, 0) is 49.1 Å². The molecule has 0 bridgehead atoms. The molecule has 0 spiro atoms. The first-order valence-electron chi connectivity index (χ1n) is 12.3. The van der Waals surface area contributed by atoms with Crippen molar-refractivity contribution in [2.75, 3.05) is 23.8 Å². The number of carbonyl (C=O) groups is 1. The van der Waals surface area contributed by atoms with Crippen molar-refractivity contribution in [3.05, 3.63) is 34.8 Å². The predicted octanol–water partition coefficient (Wildman–Crippen LogP) is 4.51. The van der Waals surface area contributed by atoms with Crippen molar-refractivity contribution in [1.82, 2.24) is 4.98 Å². The molecular formula is C26H37N3O4S. The quantitative estimate of drug-likeness (QED) is 0.350. The highest BCUT2D eigenvalue weighted by atomic mass is 32.1. The summed E-state index contributed by atoms with van der Waals surface area (Å²) in [7, 11) is 0. The lowest BCUT2D eigenvalue weighted by Gasteiger charge is -2.58. The summed E-state index contributed by atoms with van der Waals surface area (Å²) in [6.45, 7) is 7.11. The van der Waals surface area contributed by atoms with Crippen LogP contribution in [0.15, 0.2) is 24.3 Å². The fourth-order valence-corrected chi connectivity index (χ4v) is 7.17. The van der Waals surface area contributed by atoms with Crippen LogP contribution in [-0.2, 0) is 11.2 Å². The van der Waals surface area contributed by atoms with Gasteiger partial charge in [-0.2, -0.15) is 0 Å². The number of aliphatic hydroxyl groups excluding tert-OH is 2. The van der Waals surface area contributed by atoms with E-state index in [1.165, 1.54) is 6.07 Å². The Labute approximate surface area is 205 Å². The second-order valence-electron chi connectivity index (χ2n) is 10.4. The number of rotatable bonds is 8. The molecular weight excluding hydrogens is 450 g/mol. The Balaban J connectivity index is 1.67. The van der Waals surface area contributed by atoms with Gasteiger partial charge in [0.2, 0.25) is 5.91 Å². The third-order valence-electron chi connectivity index (χ3n) is 8.22. The van der Waals surface area contributed by atoms with Crippen LogP contribution in [0.4, 0.5) is 10.8 Å². The summed E-state index contributed by atoms with van der Waals surface area (Å²) in [5.41, 5.74) is 0.617. The Hall–Kier alpha value is -2.16. The number of anilines is 2. The van der Waals surface area contributed by atoms with Gasteiger partial charge in [0.05, 0.1) is 18.4 Å². The van der Waals surface area contributed by atoms with E-state index < -0.39 is 11.5 Å². The monoisotopic (exact) mass is 487 g/mol. The molecule has 1 fully saturated rings. The van der Waals surface area contributed by atoms with E-state index in [2.05, 4.69) is 24.5 Å². The average Bonchev–Trinajstić information content (AvgIpc) is 3.21. The molecule has 2 aromatic rings. The zero-order chi connectivity index (χ0) is 24.5. The van der Waals surface area contributed by atoms with Crippen LogP contribution in [0.25, 0.3) is 0 Å². The summed E-state index contributed by atoms with van der Waals surface area (Å²) in [6.07, 6.45) is 3.96. The van der Waals surface area contributed by atoms with Crippen LogP contribution in [0.2, 0.25) is 0 Å². The first kappa shape index (κ1) is 24.9. The van der Waals surface area contributed by atoms with Crippen LogP contribution in [0, 0.1) is 16.7 Å². The lowest BCUT2D eigenvalue weighted by Crippen LogP contribution is -2.57. The van der Waals surface area contributed by atoms with Gasteiger partial charge in [0.25, 0.3) is 0 Å². The molecule has 1 amide bonds. The Bertz CT molecular complexity index is 1030. The normalized spacial score (nSPS) is 30.3. The molecule has 2 aliphatic rings. The van der Waals surface area contributed by atoms with E-state index in [-0.39, 0.29) is 41.9 Å². The van der Waals surface area contributed by atoms with E-state index in [1.54, 1.807) is 29.5 Å². The number of nitrogens with zero attached hydrogens (tertiary/aromatic N) is 1. The van der Waals surface area contributed by atoms with Gasteiger partial charge in [0.15, 0.2) is 5.13 Å². The highest BCUT2D eigenvalue weighted by Crippen LogP contribution is 2.62. The van der Waals surface area contributed by atoms with Crippen molar-refractivity contribution in [3.63, 3.8) is 0 Å². The predicted molar refractivity (Wildman–Crippen MR) is 135 cm³/mol. The largest absolute Gasteiger partial charge is 0.508 e. The fraction of sp³-hybridized carbons (Fsp3) is 0.615. The van der Waals surface area contributed by atoms with Crippen LogP contribution in [0.3, 0.4) is 0 Å². The third-order valence-corrected chi connectivity index (χ3v) is 9.27. The van der Waals surface area contributed by atoms with Gasteiger partial charge in [-0.25, -0.2) is 4.98 Å². The van der Waals surface area contributed by atoms with Crippen molar-refractivity contribution >= 4 is 28.1 Å². The maximum absolute atomic E-state index is 13.2. The summed E-state index contributed by atoms with van der Waals surface area (Å²) >= 11 is 1.64. The SMILES string of the molecule is CCCCNc1nc2c(s1)C[C@@H]1[C@](C)(CO)[C@H](O)CC[C@@]1(C)[C@@H]2CC(=O)Nc1cccc(O)c1. The lowest BCUT2D eigenvalue weighted by molar-refractivity contribution is -0.143. The van der Waals surface area contributed by atoms with Crippen molar-refractivity contribution in [1.29, 1.82) is 0 Å². The maximum Gasteiger partial charge on any atom is 0.225 e. The Morgan fingerprint density at radius 3 is 2.82 bits per heavy atom. The van der Waals surface area contributed by atoms with E-state index in [0.29, 0.717) is 12.1 Å². The molecule has 0 unspecified atom stereocenters. The van der Waals surface area contributed by atoms with Crippen LogP contribution in [0.5, 0.6) is 5.75 Å². The Morgan fingerprint density at radius 1 is 1.32 bits per heavy atom. The number of aromatic hydroxyl groups is 1. The molecule has 7 nitrogen and oxygen atoms in total. The molecule has 2 aliphatic carbocycles. The van der Waals surface area contributed by atoms with E-state index in [1.807, 2.05) is 6.92 Å². The molecule has 34 heavy (non-hydrogen) atoms. The number of phenolic OH excluding ortho intramolecular Hbond substituents is 1. The number of unbranched alkanes of at least 4 members (excludes halogenated alkanes) is 1. The number of amides is 1. The minimum absolute atomic E-state index is 0.0313. The summed E-state index contributed by atoms with van der Waals surface area (Å²) in [5.74, 6) is -0.125. The third kappa shape index (κ3) is 4.55. The highest BCUT2D eigenvalue weighted by molar-refractivity contribution is 7.15. The molecule has 1 aromatic heterocycles. The Kier molecular flexibility index (Phi) is 7.22. The molecule has 0 aliphatic heterocycles. The molecule has 0 radical (unpaired) electrons. The Morgan fingerprint density at radius 2 is 2.12 bits per heavy atom. The zero-order valence-corrected chi connectivity index (χ0v) is 21.1. The number of hydrogen-bond donors (Lipinski definition) is 5. The topological polar surface area (TPSA) is 115 Å². The minimum Gasteiger partial charge on any atom is -0.508 e. The number of nitrogens with one attached hydrogen (secondary N) is 2. The standard InChI is InChI=1S/C26H37N3O4S/c1-4-5-11-27-24-29-23-18(13-22(33)28-16-7-6-8-17(31)12-16)25(2)10-9-21(32)26(3,15-30)20(25)14-19(23)34-24/h6-8,12,18,20-21,30-32H,4-5,9-11,13-15H2,1-3H3,(H,27,29)(H,28,33)/t18-,20+,21-,25+,26+/m1/s1. The molecule has 5 N–H and O–H groups in total. The van der Waals surface area contributed by atoms with Gasteiger partial charge in [0.1, 0.15) is 5.75 Å². The molecule has 5 atom stereocenters. The highest BCUT2D eigenvalue weighted by Gasteiger charge is 2.59. The molecule has 1 heterocycles. The number of hydrogen-bond acceptors (Lipinski definition) is 7. The van der Waals surface area contributed by atoms with Crippen LogP contribution in [0.1, 0.15) is 69.4 Å². The first-order chi connectivity index (χ1) is 16.2. The van der Waals surface area contributed by atoms with Crippen molar-refractivity contribution in [2.24, 2.45) is 16.7 Å². The van der Waals surface area contributed by atoms with E-state index in [4.69, 9.17) is 4.98 Å². The zero-order valence-electron chi connectivity index (χ0n) is 20.3. The summed E-state index contributed by atoms with van der Waals surface area (Å²) < 4.78 is 0. The molecule has 186 valence electrons. The number of fused-ring (bicyclic) bond motifs is 2. The van der Waals surface area contributed by atoms with Crippen molar-refractivity contribution < 1.29 is 20.1 Å². The van der Waals surface area contributed by atoms with Crippen molar-refractivity contribution in [2.45, 2.75) is 71.3 Å². The van der Waals surface area contributed by atoms with Crippen LogP contribution in [-0.4, -0.2) is 45.5 Å². The number of aliphatic hydroxyl groups is 2. The first-order valence-corrected chi connectivity index (χ1v) is 13.1. The van der Waals surface area contributed by atoms with Gasteiger partial charge < -0.3 is 26.0 Å². The number of thiazole rings is 1. The summed E-state index contributed by atoms with van der Waals surface area (Å²) in [4.78, 5) is 19.3.